The molecule has 92 valence electrons. The molecule has 4 heteroatoms. The molecular formula is C12H22N2O2. The molecule has 2 rings (SSSR count). The molecule has 2 atom stereocenters. The van der Waals surface area contributed by atoms with Crippen molar-refractivity contribution in [3.05, 3.63) is 0 Å². The number of likely N-dealkylation sites (tertiary alicyclic amines) is 1. The summed E-state index contributed by atoms with van der Waals surface area (Å²) in [5.74, 6) is 0.810. The zero-order valence-electron chi connectivity index (χ0n) is 10.0. The van der Waals surface area contributed by atoms with Crippen molar-refractivity contribution in [3.63, 3.8) is 0 Å². The molecule has 0 spiro atoms. The average Bonchev–Trinajstić information content (AvgIpc) is 2.88. The Bertz CT molecular complexity index is 262. The molecule has 2 aliphatic rings. The van der Waals surface area contributed by atoms with Crippen LogP contribution < -0.4 is 5.32 Å². The van der Waals surface area contributed by atoms with Gasteiger partial charge in [0.15, 0.2) is 0 Å². The third-order valence-electron chi connectivity index (χ3n) is 4.00. The zero-order chi connectivity index (χ0) is 11.6. The van der Waals surface area contributed by atoms with E-state index in [-0.39, 0.29) is 12.0 Å². The number of nitrogens with one attached hydrogen (secondary N) is 1. The first kappa shape index (κ1) is 11.9. The third-order valence-corrected chi connectivity index (χ3v) is 4.00. The van der Waals surface area contributed by atoms with Crippen molar-refractivity contribution in [2.75, 3.05) is 32.8 Å². The quantitative estimate of drug-likeness (QED) is 0.723. The Morgan fingerprint density at radius 3 is 3.06 bits per heavy atom. The highest BCUT2D eigenvalue weighted by atomic mass is 16.3. The van der Waals surface area contributed by atoms with Gasteiger partial charge in [0.2, 0.25) is 5.91 Å². The molecule has 2 saturated heterocycles. The van der Waals surface area contributed by atoms with Gasteiger partial charge in [0.05, 0.1) is 5.41 Å². The second-order valence-electron chi connectivity index (χ2n) is 5.41. The summed E-state index contributed by atoms with van der Waals surface area (Å²) in [5, 5.41) is 12.2. The van der Waals surface area contributed by atoms with Crippen LogP contribution in [0.2, 0.25) is 0 Å². The molecule has 0 aromatic rings. The molecule has 2 unspecified atom stereocenters. The second-order valence-corrected chi connectivity index (χ2v) is 5.41. The maximum Gasteiger partial charge on any atom is 0.229 e. The molecule has 2 fully saturated rings. The number of carbonyl (C=O) groups is 1. The lowest BCUT2D eigenvalue weighted by Crippen LogP contribution is -2.42. The van der Waals surface area contributed by atoms with Crippen molar-refractivity contribution in [1.82, 2.24) is 10.2 Å². The van der Waals surface area contributed by atoms with Crippen molar-refractivity contribution in [2.24, 2.45) is 11.3 Å². The van der Waals surface area contributed by atoms with Crippen molar-refractivity contribution in [2.45, 2.75) is 26.2 Å². The molecule has 2 N–H and O–H groups in total. The van der Waals surface area contributed by atoms with E-state index < -0.39 is 0 Å². The van der Waals surface area contributed by atoms with Crippen LogP contribution >= 0.6 is 0 Å². The van der Waals surface area contributed by atoms with E-state index in [1.54, 1.807) is 0 Å². The Morgan fingerprint density at radius 1 is 1.62 bits per heavy atom. The molecule has 2 heterocycles. The van der Waals surface area contributed by atoms with Crippen LogP contribution in [0.5, 0.6) is 0 Å². The van der Waals surface area contributed by atoms with Gasteiger partial charge in [-0.2, -0.15) is 0 Å². The highest BCUT2D eigenvalue weighted by Gasteiger charge is 2.41. The molecule has 0 radical (unpaired) electrons. The van der Waals surface area contributed by atoms with E-state index in [0.29, 0.717) is 11.8 Å². The van der Waals surface area contributed by atoms with E-state index in [1.165, 1.54) is 0 Å². The predicted octanol–water partition coefficient (Wildman–Crippen LogP) is 0.217. The summed E-state index contributed by atoms with van der Waals surface area (Å²) >= 11 is 0. The van der Waals surface area contributed by atoms with Crippen LogP contribution in [-0.2, 0) is 4.79 Å². The molecule has 0 saturated carbocycles. The summed E-state index contributed by atoms with van der Waals surface area (Å²) in [6, 6.07) is 0. The average molecular weight is 226 g/mol. The summed E-state index contributed by atoms with van der Waals surface area (Å²) in [5.41, 5.74) is -0.186. The van der Waals surface area contributed by atoms with Gasteiger partial charge in [-0.1, -0.05) is 0 Å². The Labute approximate surface area is 97.0 Å². The van der Waals surface area contributed by atoms with Crippen LogP contribution in [0.3, 0.4) is 0 Å². The molecule has 0 aromatic carbocycles. The van der Waals surface area contributed by atoms with Gasteiger partial charge in [0.1, 0.15) is 0 Å². The lowest BCUT2D eigenvalue weighted by molar-refractivity contribution is -0.139. The van der Waals surface area contributed by atoms with Crippen LogP contribution in [0.1, 0.15) is 26.2 Å². The maximum atomic E-state index is 12.3. The number of aliphatic hydroxyl groups is 1. The largest absolute Gasteiger partial charge is 0.396 e. The number of aliphatic hydroxyl groups excluding tert-OH is 1. The monoisotopic (exact) mass is 226 g/mol. The number of hydrogen-bond donors (Lipinski definition) is 2. The Kier molecular flexibility index (Phi) is 3.50. The number of amides is 1. The Balaban J connectivity index is 1.91. The molecule has 0 aromatic heterocycles. The second kappa shape index (κ2) is 4.72. The van der Waals surface area contributed by atoms with E-state index in [9.17, 15) is 4.79 Å². The molecule has 4 nitrogen and oxygen atoms in total. The minimum atomic E-state index is -0.186. The van der Waals surface area contributed by atoms with Gasteiger partial charge in [-0.3, -0.25) is 4.79 Å². The van der Waals surface area contributed by atoms with E-state index in [2.05, 4.69) is 12.2 Å². The fourth-order valence-corrected chi connectivity index (χ4v) is 2.82. The van der Waals surface area contributed by atoms with Crippen molar-refractivity contribution < 1.29 is 9.90 Å². The summed E-state index contributed by atoms with van der Waals surface area (Å²) in [6.07, 6.45) is 2.83. The Morgan fingerprint density at radius 2 is 2.44 bits per heavy atom. The summed E-state index contributed by atoms with van der Waals surface area (Å²) in [4.78, 5) is 14.3. The third kappa shape index (κ3) is 2.23. The smallest absolute Gasteiger partial charge is 0.229 e. The lowest BCUT2D eigenvalue weighted by atomic mass is 9.88. The van der Waals surface area contributed by atoms with Crippen molar-refractivity contribution in [3.8, 4) is 0 Å². The maximum absolute atomic E-state index is 12.3. The number of rotatable bonds is 3. The first-order valence-corrected chi connectivity index (χ1v) is 6.27. The molecule has 0 bridgehead atoms. The molecule has 2 aliphatic heterocycles. The standard InChI is InChI=1S/C12H22N2O2/c1-12(4-5-13-9-12)11(16)14-6-2-10(8-14)3-7-15/h10,13,15H,2-9H2,1H3. The fourth-order valence-electron chi connectivity index (χ4n) is 2.82. The number of carbonyl (C=O) groups excluding carboxylic acids is 1. The van der Waals surface area contributed by atoms with Gasteiger partial charge in [-0.05, 0) is 38.6 Å². The highest BCUT2D eigenvalue weighted by Crippen LogP contribution is 2.30. The summed E-state index contributed by atoms with van der Waals surface area (Å²) in [7, 11) is 0. The van der Waals surface area contributed by atoms with E-state index >= 15 is 0 Å². The molecule has 0 aliphatic carbocycles. The van der Waals surface area contributed by atoms with E-state index in [0.717, 1.165) is 45.4 Å². The fraction of sp³-hybridized carbons (Fsp3) is 0.917. The summed E-state index contributed by atoms with van der Waals surface area (Å²) < 4.78 is 0. The van der Waals surface area contributed by atoms with E-state index in [1.807, 2.05) is 4.90 Å². The van der Waals surface area contributed by atoms with Gasteiger partial charge >= 0.3 is 0 Å². The number of hydrogen-bond acceptors (Lipinski definition) is 3. The topological polar surface area (TPSA) is 52.6 Å². The van der Waals surface area contributed by atoms with Gasteiger partial charge in [0.25, 0.3) is 0 Å². The minimum absolute atomic E-state index is 0.186. The Hall–Kier alpha value is -0.610. The SMILES string of the molecule is CC1(C(=O)N2CCC(CCO)C2)CCNC1. The highest BCUT2D eigenvalue weighted by molar-refractivity contribution is 5.83. The number of nitrogens with zero attached hydrogens (tertiary/aromatic N) is 1. The van der Waals surface area contributed by atoms with Gasteiger partial charge in [-0.15, -0.1) is 0 Å². The normalized spacial score (nSPS) is 34.6. The first-order valence-electron chi connectivity index (χ1n) is 6.27. The summed E-state index contributed by atoms with van der Waals surface area (Å²) in [6.45, 7) is 5.79. The van der Waals surface area contributed by atoms with Gasteiger partial charge in [-0.25, -0.2) is 0 Å². The van der Waals surface area contributed by atoms with Crippen LogP contribution in [0, 0.1) is 11.3 Å². The van der Waals surface area contributed by atoms with E-state index in [4.69, 9.17) is 5.11 Å². The van der Waals surface area contributed by atoms with Crippen LogP contribution in [0.15, 0.2) is 0 Å². The predicted molar refractivity (Wildman–Crippen MR) is 62.0 cm³/mol. The van der Waals surface area contributed by atoms with Crippen LogP contribution in [0.25, 0.3) is 0 Å². The molecule has 1 amide bonds. The minimum Gasteiger partial charge on any atom is -0.396 e. The zero-order valence-corrected chi connectivity index (χ0v) is 10.0. The van der Waals surface area contributed by atoms with Crippen LogP contribution in [0.4, 0.5) is 0 Å². The van der Waals surface area contributed by atoms with Crippen molar-refractivity contribution in [1.29, 1.82) is 0 Å². The molecule has 16 heavy (non-hydrogen) atoms. The van der Waals surface area contributed by atoms with Crippen molar-refractivity contribution >= 4 is 5.91 Å². The first-order chi connectivity index (χ1) is 7.65. The lowest BCUT2D eigenvalue weighted by Gasteiger charge is -2.28. The van der Waals surface area contributed by atoms with Gasteiger partial charge < -0.3 is 15.3 Å². The van der Waals surface area contributed by atoms with Gasteiger partial charge in [0, 0.05) is 26.2 Å². The van der Waals surface area contributed by atoms with Crippen LogP contribution in [-0.4, -0.2) is 48.7 Å². The molecular weight excluding hydrogens is 204 g/mol.